The van der Waals surface area contributed by atoms with E-state index in [0.717, 1.165) is 24.8 Å². The normalized spacial score (nSPS) is 19.7. The minimum absolute atomic E-state index is 0.0319. The Bertz CT molecular complexity index is 530. The molecule has 21 heavy (non-hydrogen) atoms. The second-order valence-electron chi connectivity index (χ2n) is 6.77. The molecule has 5 heteroatoms. The number of aliphatic carboxylic acids is 1. The molecule has 0 bridgehead atoms. The first-order valence-electron chi connectivity index (χ1n) is 7.37. The van der Waals surface area contributed by atoms with Gasteiger partial charge in [0.05, 0.1) is 12.3 Å². The van der Waals surface area contributed by atoms with Crippen LogP contribution in [0.15, 0.2) is 11.4 Å². The quantitative estimate of drug-likeness (QED) is 0.897. The molecule has 0 saturated carbocycles. The van der Waals surface area contributed by atoms with Crippen LogP contribution in [0.2, 0.25) is 0 Å². The maximum atomic E-state index is 12.6. The molecule has 2 atom stereocenters. The topological polar surface area (TPSA) is 66.4 Å². The fourth-order valence-electron chi connectivity index (χ4n) is 2.78. The summed E-state index contributed by atoms with van der Waals surface area (Å²) in [6.45, 7) is 5.87. The molecule has 4 nitrogen and oxygen atoms in total. The fourth-order valence-corrected chi connectivity index (χ4v) is 3.77. The molecule has 1 amide bonds. The molecular weight excluding hydrogens is 286 g/mol. The van der Waals surface area contributed by atoms with E-state index in [0.29, 0.717) is 0 Å². The van der Waals surface area contributed by atoms with Gasteiger partial charge in [0.25, 0.3) is 0 Å². The number of carboxylic acids is 1. The number of rotatable bonds is 4. The molecule has 116 valence electrons. The third-order valence-corrected chi connectivity index (χ3v) is 5.11. The first-order valence-corrected chi connectivity index (χ1v) is 8.25. The van der Waals surface area contributed by atoms with Gasteiger partial charge < -0.3 is 10.4 Å². The highest BCUT2D eigenvalue weighted by molar-refractivity contribution is 7.10. The number of hydrogen-bond donors (Lipinski definition) is 2. The van der Waals surface area contributed by atoms with Gasteiger partial charge in [-0.1, -0.05) is 20.8 Å². The van der Waals surface area contributed by atoms with Gasteiger partial charge in [-0.2, -0.15) is 0 Å². The van der Waals surface area contributed by atoms with Crippen LogP contribution in [0.25, 0.3) is 0 Å². The Hall–Kier alpha value is -1.36. The van der Waals surface area contributed by atoms with E-state index in [1.807, 2.05) is 32.2 Å². The van der Waals surface area contributed by atoms with Crippen molar-refractivity contribution in [2.45, 2.75) is 58.4 Å². The molecule has 2 rings (SSSR count). The number of carbonyl (C=O) groups is 2. The summed E-state index contributed by atoms with van der Waals surface area (Å²) in [5, 5.41) is 14.1. The molecule has 0 aromatic carbocycles. The van der Waals surface area contributed by atoms with Crippen LogP contribution in [-0.2, 0) is 16.0 Å². The van der Waals surface area contributed by atoms with Crippen LogP contribution in [0.5, 0.6) is 0 Å². The van der Waals surface area contributed by atoms with E-state index >= 15 is 0 Å². The number of thiophene rings is 1. The smallest absolute Gasteiger partial charge is 0.305 e. The number of fused-ring (bicyclic) bond motifs is 1. The maximum absolute atomic E-state index is 12.6. The lowest BCUT2D eigenvalue weighted by molar-refractivity contribution is -0.138. The Morgan fingerprint density at radius 1 is 1.48 bits per heavy atom. The Morgan fingerprint density at radius 3 is 2.81 bits per heavy atom. The van der Waals surface area contributed by atoms with E-state index in [9.17, 15) is 9.59 Å². The zero-order chi connectivity index (χ0) is 15.6. The molecule has 1 aromatic heterocycles. The Balaban J connectivity index is 2.12. The lowest BCUT2D eigenvalue weighted by Gasteiger charge is -2.32. The number of carbonyl (C=O) groups excluding carboxylic acids is 1. The van der Waals surface area contributed by atoms with Crippen molar-refractivity contribution in [1.82, 2.24) is 5.32 Å². The predicted molar refractivity (Wildman–Crippen MR) is 83.6 cm³/mol. The van der Waals surface area contributed by atoms with Crippen molar-refractivity contribution in [3.05, 3.63) is 21.9 Å². The standard InChI is InChI=1S/C16H23NO3S/c1-16(2,3)13(9-14(18)19)17-15(20)11-5-4-6-12-10(11)7-8-21-12/h7-8,11,13H,4-6,9H2,1-3H3,(H,17,20)(H,18,19). The fraction of sp³-hybridized carbons (Fsp3) is 0.625. The molecule has 0 spiro atoms. The summed E-state index contributed by atoms with van der Waals surface area (Å²) in [5.41, 5.74) is 0.854. The number of hydrogen-bond acceptors (Lipinski definition) is 3. The van der Waals surface area contributed by atoms with Gasteiger partial charge in [0.15, 0.2) is 0 Å². The summed E-state index contributed by atoms with van der Waals surface area (Å²) in [4.78, 5) is 24.9. The molecule has 0 fully saturated rings. The molecule has 0 aliphatic heterocycles. The number of carboxylic acid groups (broad SMARTS) is 1. The summed E-state index contributed by atoms with van der Waals surface area (Å²) in [6.07, 6.45) is 2.87. The number of nitrogens with one attached hydrogen (secondary N) is 1. The maximum Gasteiger partial charge on any atom is 0.305 e. The van der Waals surface area contributed by atoms with Crippen molar-refractivity contribution in [3.8, 4) is 0 Å². The molecule has 0 saturated heterocycles. The van der Waals surface area contributed by atoms with E-state index in [-0.39, 0.29) is 29.7 Å². The average molecular weight is 309 g/mol. The number of aryl methyl sites for hydroxylation is 1. The summed E-state index contributed by atoms with van der Waals surface area (Å²) < 4.78 is 0. The molecule has 1 aliphatic rings. The minimum Gasteiger partial charge on any atom is -0.481 e. The highest BCUT2D eigenvalue weighted by Gasteiger charge is 2.33. The van der Waals surface area contributed by atoms with E-state index in [2.05, 4.69) is 5.32 Å². The Morgan fingerprint density at radius 2 is 2.19 bits per heavy atom. The third kappa shape index (κ3) is 3.84. The summed E-state index contributed by atoms with van der Waals surface area (Å²) in [7, 11) is 0. The van der Waals surface area contributed by atoms with Gasteiger partial charge in [0.2, 0.25) is 5.91 Å². The van der Waals surface area contributed by atoms with Gasteiger partial charge in [-0.3, -0.25) is 9.59 Å². The van der Waals surface area contributed by atoms with Crippen LogP contribution < -0.4 is 5.32 Å². The highest BCUT2D eigenvalue weighted by Crippen LogP contribution is 2.35. The van der Waals surface area contributed by atoms with Crippen LogP contribution in [0, 0.1) is 5.41 Å². The van der Waals surface area contributed by atoms with E-state index < -0.39 is 5.97 Å². The van der Waals surface area contributed by atoms with Gasteiger partial charge in [0, 0.05) is 10.9 Å². The molecule has 0 radical (unpaired) electrons. The monoisotopic (exact) mass is 309 g/mol. The Labute approximate surface area is 129 Å². The third-order valence-electron chi connectivity index (χ3n) is 4.11. The zero-order valence-electron chi connectivity index (χ0n) is 12.8. The first-order chi connectivity index (χ1) is 9.79. The molecule has 2 unspecified atom stereocenters. The van der Waals surface area contributed by atoms with Crippen molar-refractivity contribution in [2.75, 3.05) is 0 Å². The van der Waals surface area contributed by atoms with E-state index in [1.54, 1.807) is 11.3 Å². The van der Waals surface area contributed by atoms with Crippen molar-refractivity contribution < 1.29 is 14.7 Å². The van der Waals surface area contributed by atoms with Gasteiger partial charge in [-0.25, -0.2) is 0 Å². The summed E-state index contributed by atoms with van der Waals surface area (Å²) in [5.74, 6) is -1.04. The lowest BCUT2D eigenvalue weighted by atomic mass is 9.82. The molecule has 1 heterocycles. The van der Waals surface area contributed by atoms with Gasteiger partial charge in [0.1, 0.15) is 0 Å². The largest absolute Gasteiger partial charge is 0.481 e. The summed E-state index contributed by atoms with van der Waals surface area (Å²) in [6, 6.07) is 1.68. The lowest BCUT2D eigenvalue weighted by Crippen LogP contribution is -2.47. The zero-order valence-corrected chi connectivity index (χ0v) is 13.6. The van der Waals surface area contributed by atoms with Crippen molar-refractivity contribution in [2.24, 2.45) is 5.41 Å². The van der Waals surface area contributed by atoms with Gasteiger partial charge in [-0.15, -0.1) is 11.3 Å². The van der Waals surface area contributed by atoms with Crippen LogP contribution in [0.4, 0.5) is 0 Å². The van der Waals surface area contributed by atoms with Gasteiger partial charge in [-0.05, 0) is 41.7 Å². The second kappa shape index (κ2) is 6.18. The molecule has 2 N–H and O–H groups in total. The predicted octanol–water partition coefficient (Wildman–Crippen LogP) is 3.17. The average Bonchev–Trinajstić information content (AvgIpc) is 2.84. The SMILES string of the molecule is CC(C)(C)C(CC(=O)O)NC(=O)C1CCCc2sccc21. The van der Waals surface area contributed by atoms with Crippen LogP contribution in [-0.4, -0.2) is 23.0 Å². The second-order valence-corrected chi connectivity index (χ2v) is 7.77. The Kier molecular flexibility index (Phi) is 4.71. The van der Waals surface area contributed by atoms with Gasteiger partial charge >= 0.3 is 5.97 Å². The first kappa shape index (κ1) is 16.0. The van der Waals surface area contributed by atoms with E-state index in [4.69, 9.17) is 5.11 Å². The molecular formula is C16H23NO3S. The van der Waals surface area contributed by atoms with Crippen molar-refractivity contribution in [1.29, 1.82) is 0 Å². The number of amides is 1. The van der Waals surface area contributed by atoms with Crippen LogP contribution in [0.1, 0.15) is 56.4 Å². The summed E-state index contributed by atoms with van der Waals surface area (Å²) >= 11 is 1.71. The van der Waals surface area contributed by atoms with Crippen LogP contribution >= 0.6 is 11.3 Å². The van der Waals surface area contributed by atoms with Crippen LogP contribution in [0.3, 0.4) is 0 Å². The molecule has 1 aromatic rings. The highest BCUT2D eigenvalue weighted by atomic mass is 32.1. The van der Waals surface area contributed by atoms with Crippen molar-refractivity contribution in [3.63, 3.8) is 0 Å². The minimum atomic E-state index is -0.880. The van der Waals surface area contributed by atoms with Crippen molar-refractivity contribution >= 4 is 23.2 Å². The van der Waals surface area contributed by atoms with E-state index in [1.165, 1.54) is 4.88 Å². The molecule has 1 aliphatic carbocycles.